The zero-order valence-corrected chi connectivity index (χ0v) is 12.9. The van der Waals surface area contributed by atoms with Crippen LogP contribution in [-0.4, -0.2) is 21.5 Å². The molecule has 0 spiro atoms. The highest BCUT2D eigenvalue weighted by atomic mass is 32.2. The van der Waals surface area contributed by atoms with Crippen LogP contribution in [0.2, 0.25) is 0 Å². The Morgan fingerprint density at radius 2 is 1.90 bits per heavy atom. The third-order valence-corrected chi connectivity index (χ3v) is 3.74. The molecule has 2 heterocycles. The number of nitrogens with zero attached hydrogens (tertiary/aromatic N) is 3. The average molecular weight is 288 g/mol. The van der Waals surface area contributed by atoms with Gasteiger partial charge in [-0.1, -0.05) is 6.92 Å². The summed E-state index contributed by atoms with van der Waals surface area (Å²) >= 11 is 1.53. The van der Waals surface area contributed by atoms with Crippen molar-refractivity contribution in [1.29, 1.82) is 0 Å². The van der Waals surface area contributed by atoms with E-state index in [0.717, 1.165) is 34.3 Å². The number of nitrogens with one attached hydrogen (secondary N) is 1. The Hall–Kier alpha value is -1.46. The van der Waals surface area contributed by atoms with E-state index < -0.39 is 0 Å². The maximum absolute atomic E-state index is 4.51. The number of pyridine rings is 1. The first-order valence-electron chi connectivity index (χ1n) is 6.85. The van der Waals surface area contributed by atoms with Gasteiger partial charge in [-0.2, -0.15) is 0 Å². The molecule has 4 nitrogen and oxygen atoms in total. The number of hydrogen-bond acceptors (Lipinski definition) is 5. The molecule has 2 aromatic heterocycles. The molecule has 106 valence electrons. The zero-order valence-electron chi connectivity index (χ0n) is 12.1. The molecule has 0 saturated heterocycles. The minimum Gasteiger partial charge on any atom is -0.309 e. The van der Waals surface area contributed by atoms with Crippen LogP contribution in [0, 0.1) is 6.92 Å². The van der Waals surface area contributed by atoms with Crippen molar-refractivity contribution in [2.45, 2.75) is 43.3 Å². The second kappa shape index (κ2) is 7.36. The topological polar surface area (TPSA) is 50.7 Å². The smallest absolute Gasteiger partial charge is 0.192 e. The number of aromatic nitrogens is 3. The molecule has 1 N–H and O–H groups in total. The van der Waals surface area contributed by atoms with Crippen molar-refractivity contribution in [2.75, 3.05) is 6.54 Å². The first-order chi connectivity index (χ1) is 9.69. The van der Waals surface area contributed by atoms with Crippen LogP contribution in [0.3, 0.4) is 0 Å². The summed E-state index contributed by atoms with van der Waals surface area (Å²) in [5, 5.41) is 4.18. The molecule has 2 aromatic rings. The van der Waals surface area contributed by atoms with Crippen molar-refractivity contribution < 1.29 is 0 Å². The van der Waals surface area contributed by atoms with Crippen molar-refractivity contribution in [3.8, 4) is 0 Å². The Bertz CT molecular complexity index is 525. The number of hydrogen-bond donors (Lipinski definition) is 1. The van der Waals surface area contributed by atoms with Crippen molar-refractivity contribution in [1.82, 2.24) is 20.3 Å². The summed E-state index contributed by atoms with van der Waals surface area (Å²) < 4.78 is 0. The van der Waals surface area contributed by atoms with Gasteiger partial charge in [0.25, 0.3) is 0 Å². The standard InChI is InChI=1S/C15H20N4S/c1-4-7-16-12(3)14-6-5-13(10-17-14)20-15-18-8-11(2)9-19-15/h5-6,8-10,12,16H,4,7H2,1-3H3. The lowest BCUT2D eigenvalue weighted by Crippen LogP contribution is -2.20. The molecule has 0 aliphatic heterocycles. The molecule has 0 aromatic carbocycles. The molecule has 0 aliphatic carbocycles. The van der Waals surface area contributed by atoms with Crippen LogP contribution in [0.4, 0.5) is 0 Å². The largest absolute Gasteiger partial charge is 0.309 e. The van der Waals surface area contributed by atoms with Gasteiger partial charge in [-0.3, -0.25) is 4.98 Å². The summed E-state index contributed by atoms with van der Waals surface area (Å²) in [5.41, 5.74) is 2.13. The predicted octanol–water partition coefficient (Wildman–Crippen LogP) is 3.39. The Labute approximate surface area is 124 Å². The molecular formula is C15H20N4S. The zero-order chi connectivity index (χ0) is 14.4. The van der Waals surface area contributed by atoms with Crippen LogP contribution in [0.15, 0.2) is 40.8 Å². The van der Waals surface area contributed by atoms with Gasteiger partial charge in [-0.15, -0.1) is 0 Å². The highest BCUT2D eigenvalue weighted by Gasteiger charge is 2.06. The molecule has 5 heteroatoms. The Kier molecular flexibility index (Phi) is 5.49. The Morgan fingerprint density at radius 1 is 1.15 bits per heavy atom. The van der Waals surface area contributed by atoms with Crippen molar-refractivity contribution in [2.24, 2.45) is 0 Å². The highest BCUT2D eigenvalue weighted by molar-refractivity contribution is 7.99. The van der Waals surface area contributed by atoms with Gasteiger partial charge in [0.05, 0.1) is 5.69 Å². The van der Waals surface area contributed by atoms with E-state index in [-0.39, 0.29) is 6.04 Å². The Balaban J connectivity index is 1.99. The first-order valence-corrected chi connectivity index (χ1v) is 7.66. The van der Waals surface area contributed by atoms with Crippen LogP contribution in [0.5, 0.6) is 0 Å². The van der Waals surface area contributed by atoms with Gasteiger partial charge >= 0.3 is 0 Å². The summed E-state index contributed by atoms with van der Waals surface area (Å²) in [6, 6.07) is 4.41. The fraction of sp³-hybridized carbons (Fsp3) is 0.400. The maximum atomic E-state index is 4.51. The molecule has 0 bridgehead atoms. The molecule has 0 radical (unpaired) electrons. The third kappa shape index (κ3) is 4.28. The molecule has 0 fully saturated rings. The summed E-state index contributed by atoms with van der Waals surface area (Å²) in [6.07, 6.45) is 6.66. The van der Waals surface area contributed by atoms with Crippen LogP contribution < -0.4 is 5.32 Å². The minimum atomic E-state index is 0.282. The van der Waals surface area contributed by atoms with Crippen LogP contribution in [-0.2, 0) is 0 Å². The lowest BCUT2D eigenvalue weighted by atomic mass is 10.2. The normalized spacial score (nSPS) is 12.3. The van der Waals surface area contributed by atoms with E-state index in [2.05, 4.69) is 46.2 Å². The molecule has 0 aliphatic rings. The summed E-state index contributed by atoms with van der Waals surface area (Å²) in [6.45, 7) is 7.29. The molecule has 1 unspecified atom stereocenters. The van der Waals surface area contributed by atoms with Crippen LogP contribution in [0.25, 0.3) is 0 Å². The summed E-state index contributed by atoms with van der Waals surface area (Å²) in [7, 11) is 0. The van der Waals surface area contributed by atoms with Crippen LogP contribution >= 0.6 is 11.8 Å². The molecule has 2 rings (SSSR count). The Morgan fingerprint density at radius 3 is 2.50 bits per heavy atom. The second-order valence-electron chi connectivity index (χ2n) is 4.74. The van der Waals surface area contributed by atoms with E-state index in [9.17, 15) is 0 Å². The predicted molar refractivity (Wildman–Crippen MR) is 81.8 cm³/mol. The van der Waals surface area contributed by atoms with E-state index in [1.165, 1.54) is 11.8 Å². The molecular weight excluding hydrogens is 268 g/mol. The van der Waals surface area contributed by atoms with E-state index >= 15 is 0 Å². The monoisotopic (exact) mass is 288 g/mol. The third-order valence-electron chi connectivity index (χ3n) is 2.87. The van der Waals surface area contributed by atoms with Gasteiger partial charge < -0.3 is 5.32 Å². The quantitative estimate of drug-likeness (QED) is 0.826. The molecule has 1 atom stereocenters. The van der Waals surface area contributed by atoms with Gasteiger partial charge in [0.2, 0.25) is 0 Å². The minimum absolute atomic E-state index is 0.282. The van der Waals surface area contributed by atoms with E-state index in [1.807, 2.05) is 25.5 Å². The second-order valence-corrected chi connectivity index (χ2v) is 5.78. The van der Waals surface area contributed by atoms with Crippen molar-refractivity contribution in [3.63, 3.8) is 0 Å². The van der Waals surface area contributed by atoms with Crippen molar-refractivity contribution >= 4 is 11.8 Å². The van der Waals surface area contributed by atoms with Crippen molar-refractivity contribution in [3.05, 3.63) is 42.0 Å². The van der Waals surface area contributed by atoms with Gasteiger partial charge in [-0.05, 0) is 56.3 Å². The fourth-order valence-corrected chi connectivity index (χ4v) is 2.38. The highest BCUT2D eigenvalue weighted by Crippen LogP contribution is 2.24. The first kappa shape index (κ1) is 14.9. The molecule has 0 saturated carbocycles. The maximum Gasteiger partial charge on any atom is 0.192 e. The van der Waals surface area contributed by atoms with Gasteiger partial charge in [-0.25, -0.2) is 9.97 Å². The molecule has 20 heavy (non-hydrogen) atoms. The van der Waals surface area contributed by atoms with Gasteiger partial charge in [0.15, 0.2) is 5.16 Å². The van der Waals surface area contributed by atoms with E-state index in [4.69, 9.17) is 0 Å². The fourth-order valence-electron chi connectivity index (χ4n) is 1.71. The van der Waals surface area contributed by atoms with Gasteiger partial charge in [0.1, 0.15) is 0 Å². The lowest BCUT2D eigenvalue weighted by Gasteiger charge is -2.12. The SMILES string of the molecule is CCCNC(C)c1ccc(Sc2ncc(C)cn2)cn1. The lowest BCUT2D eigenvalue weighted by molar-refractivity contribution is 0.558. The van der Waals surface area contributed by atoms with E-state index in [0.29, 0.717) is 0 Å². The molecule has 0 amide bonds. The van der Waals surface area contributed by atoms with Crippen LogP contribution in [0.1, 0.15) is 37.6 Å². The summed E-state index contributed by atoms with van der Waals surface area (Å²) in [4.78, 5) is 14.1. The van der Waals surface area contributed by atoms with Gasteiger partial charge in [0, 0.05) is 29.5 Å². The average Bonchev–Trinajstić information content (AvgIpc) is 2.48. The van der Waals surface area contributed by atoms with E-state index in [1.54, 1.807) is 0 Å². The summed E-state index contributed by atoms with van der Waals surface area (Å²) in [5.74, 6) is 0. The number of aryl methyl sites for hydroxylation is 1. The number of rotatable bonds is 6.